The van der Waals surface area contributed by atoms with Crippen LogP contribution in [0.1, 0.15) is 5.56 Å². The molecule has 0 saturated carbocycles. The van der Waals surface area contributed by atoms with Crippen molar-refractivity contribution < 1.29 is 27.9 Å². The molecular formula is C20H16FNO6. The highest BCUT2D eigenvalue weighted by atomic mass is 19.1. The van der Waals surface area contributed by atoms with Gasteiger partial charge >= 0.3 is 11.6 Å². The zero-order chi connectivity index (χ0) is 20.1. The van der Waals surface area contributed by atoms with Gasteiger partial charge in [-0.2, -0.15) is 0 Å². The third-order valence-corrected chi connectivity index (χ3v) is 3.77. The Morgan fingerprint density at radius 1 is 1.07 bits per heavy atom. The van der Waals surface area contributed by atoms with Crippen LogP contribution in [0.2, 0.25) is 0 Å². The number of halogens is 1. The normalized spacial score (nSPS) is 10.5. The molecular weight excluding hydrogens is 369 g/mol. The second-order valence-corrected chi connectivity index (χ2v) is 5.91. The molecule has 1 heterocycles. The standard InChI is InChI=1S/C20H16FNO6/c1-12-8-19(24)28-17-9-15(6-7-16(12)17)26-11-20(25)27-10-18(23)22-14-4-2-13(21)3-5-14/h2-9H,10-11H2,1H3,(H,22,23). The SMILES string of the molecule is Cc1cc(=O)oc2cc(OCC(=O)OCC(=O)Nc3ccc(F)cc3)ccc12. The molecule has 0 aliphatic heterocycles. The molecule has 3 aromatic rings. The third-order valence-electron chi connectivity index (χ3n) is 3.77. The Bertz CT molecular complexity index is 1070. The highest BCUT2D eigenvalue weighted by Crippen LogP contribution is 2.22. The lowest BCUT2D eigenvalue weighted by molar-refractivity contribution is -0.149. The van der Waals surface area contributed by atoms with Gasteiger partial charge in [0.05, 0.1) is 0 Å². The van der Waals surface area contributed by atoms with Crippen LogP contribution in [0, 0.1) is 12.7 Å². The largest absolute Gasteiger partial charge is 0.482 e. The monoisotopic (exact) mass is 385 g/mol. The summed E-state index contributed by atoms with van der Waals surface area (Å²) in [4.78, 5) is 34.9. The van der Waals surface area contributed by atoms with Gasteiger partial charge in [0.25, 0.3) is 5.91 Å². The zero-order valence-electron chi connectivity index (χ0n) is 14.9. The summed E-state index contributed by atoms with van der Waals surface area (Å²) in [5.74, 6) is -1.43. The summed E-state index contributed by atoms with van der Waals surface area (Å²) >= 11 is 0. The van der Waals surface area contributed by atoms with Gasteiger partial charge in [-0.15, -0.1) is 0 Å². The van der Waals surface area contributed by atoms with Crippen molar-refractivity contribution in [3.63, 3.8) is 0 Å². The number of amides is 1. The number of aryl methyl sites for hydroxylation is 1. The van der Waals surface area contributed by atoms with E-state index in [1.165, 1.54) is 36.4 Å². The first-order valence-corrected chi connectivity index (χ1v) is 8.29. The molecule has 0 saturated heterocycles. The van der Waals surface area contributed by atoms with Gasteiger partial charge in [0.2, 0.25) is 0 Å². The maximum atomic E-state index is 12.8. The van der Waals surface area contributed by atoms with Crippen molar-refractivity contribution in [1.29, 1.82) is 0 Å². The van der Waals surface area contributed by atoms with E-state index in [-0.39, 0.29) is 0 Å². The number of benzene rings is 2. The van der Waals surface area contributed by atoms with Crippen LogP contribution >= 0.6 is 0 Å². The van der Waals surface area contributed by atoms with Crippen LogP contribution in [0.5, 0.6) is 5.75 Å². The first-order chi connectivity index (χ1) is 13.4. The lowest BCUT2D eigenvalue weighted by Crippen LogP contribution is -2.23. The molecule has 144 valence electrons. The summed E-state index contributed by atoms with van der Waals surface area (Å²) in [6.07, 6.45) is 0. The quantitative estimate of drug-likeness (QED) is 0.518. The van der Waals surface area contributed by atoms with Gasteiger partial charge in [-0.05, 0) is 48.9 Å². The fourth-order valence-corrected chi connectivity index (χ4v) is 2.46. The summed E-state index contributed by atoms with van der Waals surface area (Å²) in [6.45, 7) is 0.852. The molecule has 7 nitrogen and oxygen atoms in total. The minimum atomic E-state index is -0.750. The Kier molecular flexibility index (Phi) is 5.69. The van der Waals surface area contributed by atoms with E-state index in [0.29, 0.717) is 17.0 Å². The molecule has 0 fully saturated rings. The number of esters is 1. The summed E-state index contributed by atoms with van der Waals surface area (Å²) in [6, 6.07) is 11.4. The molecule has 0 aliphatic rings. The molecule has 1 amide bonds. The molecule has 8 heteroatoms. The van der Waals surface area contributed by atoms with Crippen molar-refractivity contribution in [2.24, 2.45) is 0 Å². The lowest BCUT2D eigenvalue weighted by Gasteiger charge is -2.08. The fraction of sp³-hybridized carbons (Fsp3) is 0.150. The second kappa shape index (κ2) is 8.34. The van der Waals surface area contributed by atoms with E-state index in [9.17, 15) is 18.8 Å². The molecule has 2 aromatic carbocycles. The number of carbonyl (C=O) groups is 2. The van der Waals surface area contributed by atoms with Gasteiger partial charge in [0, 0.05) is 23.2 Å². The number of anilines is 1. The van der Waals surface area contributed by atoms with Gasteiger partial charge in [-0.1, -0.05) is 0 Å². The van der Waals surface area contributed by atoms with E-state index >= 15 is 0 Å². The first kappa shape index (κ1) is 19.1. The van der Waals surface area contributed by atoms with Crippen LogP contribution in [0.15, 0.2) is 57.7 Å². The number of hydrogen-bond acceptors (Lipinski definition) is 6. The lowest BCUT2D eigenvalue weighted by atomic mass is 10.1. The van der Waals surface area contributed by atoms with E-state index in [1.54, 1.807) is 19.1 Å². The van der Waals surface area contributed by atoms with E-state index < -0.39 is 36.5 Å². The summed E-state index contributed by atoms with van der Waals surface area (Å²) in [5, 5.41) is 3.22. The van der Waals surface area contributed by atoms with Gasteiger partial charge in [0.15, 0.2) is 13.2 Å². The fourth-order valence-electron chi connectivity index (χ4n) is 2.46. The molecule has 3 rings (SSSR count). The van der Waals surface area contributed by atoms with E-state index in [1.807, 2.05) is 0 Å². The number of hydrogen-bond donors (Lipinski definition) is 1. The van der Waals surface area contributed by atoms with Crippen molar-refractivity contribution in [3.8, 4) is 5.75 Å². The topological polar surface area (TPSA) is 94.8 Å². The molecule has 28 heavy (non-hydrogen) atoms. The van der Waals surface area contributed by atoms with Crippen LogP contribution in [0.4, 0.5) is 10.1 Å². The molecule has 0 bridgehead atoms. The van der Waals surface area contributed by atoms with E-state index in [4.69, 9.17) is 13.9 Å². The predicted molar refractivity (Wildman–Crippen MR) is 98.7 cm³/mol. The van der Waals surface area contributed by atoms with Crippen molar-refractivity contribution in [2.45, 2.75) is 6.92 Å². The maximum absolute atomic E-state index is 12.8. The Morgan fingerprint density at radius 2 is 1.82 bits per heavy atom. The third kappa shape index (κ3) is 4.94. The van der Waals surface area contributed by atoms with Crippen LogP contribution in [-0.2, 0) is 14.3 Å². The summed E-state index contributed by atoms with van der Waals surface area (Å²) in [7, 11) is 0. The molecule has 0 spiro atoms. The van der Waals surface area contributed by atoms with Crippen molar-refractivity contribution in [2.75, 3.05) is 18.5 Å². The van der Waals surface area contributed by atoms with Crippen LogP contribution < -0.4 is 15.7 Å². The maximum Gasteiger partial charge on any atom is 0.344 e. The first-order valence-electron chi connectivity index (χ1n) is 8.29. The molecule has 0 atom stereocenters. The van der Waals surface area contributed by atoms with Gasteiger partial charge < -0.3 is 19.2 Å². The number of fused-ring (bicyclic) bond motifs is 1. The van der Waals surface area contributed by atoms with Gasteiger partial charge in [0.1, 0.15) is 17.1 Å². The molecule has 0 aliphatic carbocycles. The van der Waals surface area contributed by atoms with Crippen LogP contribution in [0.3, 0.4) is 0 Å². The number of nitrogens with one attached hydrogen (secondary N) is 1. The average Bonchev–Trinajstić information content (AvgIpc) is 2.66. The van der Waals surface area contributed by atoms with E-state index in [0.717, 1.165) is 10.9 Å². The second-order valence-electron chi connectivity index (χ2n) is 5.91. The Morgan fingerprint density at radius 3 is 2.57 bits per heavy atom. The number of ether oxygens (including phenoxy) is 2. The molecule has 0 radical (unpaired) electrons. The van der Waals surface area contributed by atoms with Crippen LogP contribution in [0.25, 0.3) is 11.0 Å². The Balaban J connectivity index is 1.50. The minimum Gasteiger partial charge on any atom is -0.482 e. The summed E-state index contributed by atoms with van der Waals surface area (Å²) in [5.41, 5.74) is 1.01. The molecule has 0 unspecified atom stereocenters. The van der Waals surface area contributed by atoms with Crippen molar-refractivity contribution in [3.05, 3.63) is 70.3 Å². The predicted octanol–water partition coefficient (Wildman–Crippen LogP) is 2.80. The Hall–Kier alpha value is -3.68. The average molecular weight is 385 g/mol. The zero-order valence-corrected chi connectivity index (χ0v) is 14.9. The van der Waals surface area contributed by atoms with Gasteiger partial charge in [-0.25, -0.2) is 14.0 Å². The minimum absolute atomic E-state index is 0.314. The van der Waals surface area contributed by atoms with E-state index in [2.05, 4.69) is 5.32 Å². The highest BCUT2D eigenvalue weighted by molar-refractivity contribution is 5.92. The molecule has 1 N–H and O–H groups in total. The summed E-state index contributed by atoms with van der Waals surface area (Å²) < 4.78 is 28.0. The highest BCUT2D eigenvalue weighted by Gasteiger charge is 2.10. The number of carbonyl (C=O) groups excluding carboxylic acids is 2. The van der Waals surface area contributed by atoms with Gasteiger partial charge in [-0.3, -0.25) is 4.79 Å². The van der Waals surface area contributed by atoms with Crippen LogP contribution in [-0.4, -0.2) is 25.1 Å². The molecule has 1 aromatic heterocycles. The van der Waals surface area contributed by atoms with Crippen molar-refractivity contribution in [1.82, 2.24) is 0 Å². The Labute approximate surface area is 158 Å². The number of rotatable bonds is 6. The smallest absolute Gasteiger partial charge is 0.344 e. The van der Waals surface area contributed by atoms with Crippen molar-refractivity contribution >= 4 is 28.5 Å².